The van der Waals surface area contributed by atoms with Crippen molar-refractivity contribution in [3.05, 3.63) is 16.3 Å². The lowest BCUT2D eigenvalue weighted by Crippen LogP contribution is -2.45. The summed E-state index contributed by atoms with van der Waals surface area (Å²) in [6, 6.07) is 0. The summed E-state index contributed by atoms with van der Waals surface area (Å²) in [5.41, 5.74) is 4.53. The molecule has 21 heavy (non-hydrogen) atoms. The van der Waals surface area contributed by atoms with E-state index in [1.54, 1.807) is 0 Å². The summed E-state index contributed by atoms with van der Waals surface area (Å²) in [6.45, 7) is 0.573. The van der Waals surface area contributed by atoms with Gasteiger partial charge in [-0.05, 0) is 24.4 Å². The number of hydrogen-bond acceptors (Lipinski definition) is 6. The molecule has 0 radical (unpaired) electrons. The Kier molecular flexibility index (Phi) is 4.63. The highest BCUT2D eigenvalue weighted by Crippen LogP contribution is 2.22. The quantitative estimate of drug-likeness (QED) is 0.421. The number of esters is 1. The van der Waals surface area contributed by atoms with Gasteiger partial charge in [-0.1, -0.05) is 4.68 Å². The molecule has 0 aromatic carbocycles. The molecule has 0 bridgehead atoms. The average molecular weight is 297 g/mol. The first-order chi connectivity index (χ1) is 10.1. The van der Waals surface area contributed by atoms with Gasteiger partial charge in [0.1, 0.15) is 6.61 Å². The van der Waals surface area contributed by atoms with Crippen LogP contribution < -0.4 is 10.4 Å². The van der Waals surface area contributed by atoms with Gasteiger partial charge in [0.25, 0.3) is 0 Å². The number of nitrogens with zero attached hydrogens (tertiary/aromatic N) is 2. The van der Waals surface area contributed by atoms with Crippen LogP contribution in [-0.4, -0.2) is 36.8 Å². The number of amides is 1. The van der Waals surface area contributed by atoms with Crippen LogP contribution in [0, 0.1) is 4.91 Å². The van der Waals surface area contributed by atoms with Crippen LogP contribution in [0.4, 0.5) is 5.69 Å². The summed E-state index contributed by atoms with van der Waals surface area (Å²) in [6.07, 6.45) is 3.43. The molecule has 1 aliphatic carbocycles. The highest BCUT2D eigenvalue weighted by atomic mass is 16.5. The Morgan fingerprint density at radius 3 is 2.67 bits per heavy atom. The molecule has 1 fully saturated rings. The molecule has 1 saturated carbocycles. The molecule has 0 aliphatic heterocycles. The number of carbonyl (C=O) groups is 2. The number of nitrogens with one attached hydrogen (secondary N) is 1. The normalized spacial score (nSPS) is 14.5. The van der Waals surface area contributed by atoms with Crippen LogP contribution in [0.3, 0.4) is 0 Å². The van der Waals surface area contributed by atoms with Crippen molar-refractivity contribution < 1.29 is 23.7 Å². The Labute approximate surface area is 120 Å². The first-order valence-corrected chi connectivity index (χ1v) is 6.57. The van der Waals surface area contributed by atoms with Crippen molar-refractivity contribution in [2.45, 2.75) is 31.9 Å². The second-order valence-corrected chi connectivity index (χ2v) is 4.71. The van der Waals surface area contributed by atoms with Crippen LogP contribution in [-0.2, 0) is 16.0 Å². The molecule has 0 unspecified atom stereocenters. The first kappa shape index (κ1) is 15.1. The second-order valence-electron chi connectivity index (χ2n) is 4.71. The van der Waals surface area contributed by atoms with Crippen molar-refractivity contribution in [3.8, 4) is 0 Å². The minimum absolute atomic E-state index is 0.164. The van der Waals surface area contributed by atoms with Gasteiger partial charge >= 0.3 is 17.6 Å². The van der Waals surface area contributed by atoms with Crippen molar-refractivity contribution in [1.82, 2.24) is 5.10 Å². The molecular formula is C12H17N4O5+. The molecule has 0 spiro atoms. The molecular weight excluding hydrogens is 280 g/mol. The highest BCUT2D eigenvalue weighted by Gasteiger charge is 2.34. The Balaban J connectivity index is 2.21. The zero-order chi connectivity index (χ0) is 15.4. The van der Waals surface area contributed by atoms with Crippen molar-refractivity contribution in [1.29, 1.82) is 0 Å². The van der Waals surface area contributed by atoms with E-state index in [-0.39, 0.29) is 29.7 Å². The molecule has 1 aromatic heterocycles. The Bertz CT molecular complexity index is 564. The zero-order valence-electron chi connectivity index (χ0n) is 11.6. The van der Waals surface area contributed by atoms with Gasteiger partial charge in [-0.25, -0.2) is 4.79 Å². The van der Waals surface area contributed by atoms with Crippen molar-refractivity contribution in [3.63, 3.8) is 0 Å². The van der Waals surface area contributed by atoms with E-state index in [9.17, 15) is 14.5 Å². The average Bonchev–Trinajstić information content (AvgIpc) is 2.79. The van der Waals surface area contributed by atoms with Gasteiger partial charge in [-0.2, -0.15) is 5.10 Å². The van der Waals surface area contributed by atoms with E-state index in [1.807, 2.05) is 0 Å². The molecule has 0 saturated heterocycles. The van der Waals surface area contributed by atoms with Gasteiger partial charge in [0.2, 0.25) is 11.4 Å². The summed E-state index contributed by atoms with van der Waals surface area (Å²) in [5.74, 6) is -1.66. The molecule has 1 aromatic rings. The Morgan fingerprint density at radius 2 is 2.19 bits per heavy atom. The van der Waals surface area contributed by atoms with Crippen molar-refractivity contribution in [2.24, 2.45) is 10.9 Å². The fourth-order valence-electron chi connectivity index (χ4n) is 2.09. The lowest BCUT2D eigenvalue weighted by atomic mass is 9.96. The summed E-state index contributed by atoms with van der Waals surface area (Å²) < 4.78 is 11.4. The SMILES string of the molecule is COC(=O)c1[nH][n+](CCOC2CCC2)c(C(N)=O)c1N=O. The van der Waals surface area contributed by atoms with Crippen molar-refractivity contribution in [2.75, 3.05) is 13.7 Å². The first-order valence-electron chi connectivity index (χ1n) is 6.57. The van der Waals surface area contributed by atoms with Gasteiger partial charge in [0.15, 0.2) is 6.54 Å². The van der Waals surface area contributed by atoms with Gasteiger partial charge in [-0.15, -0.1) is 4.91 Å². The lowest BCUT2D eigenvalue weighted by molar-refractivity contribution is -0.752. The molecule has 2 rings (SSSR count). The van der Waals surface area contributed by atoms with E-state index >= 15 is 0 Å². The summed E-state index contributed by atoms with van der Waals surface area (Å²) in [7, 11) is 1.16. The van der Waals surface area contributed by atoms with E-state index < -0.39 is 11.9 Å². The molecule has 114 valence electrons. The molecule has 1 amide bonds. The minimum atomic E-state index is -0.861. The summed E-state index contributed by atoms with van der Waals surface area (Å²) >= 11 is 0. The van der Waals surface area contributed by atoms with Crippen LogP contribution >= 0.6 is 0 Å². The predicted molar refractivity (Wildman–Crippen MR) is 69.9 cm³/mol. The van der Waals surface area contributed by atoms with E-state index in [0.29, 0.717) is 6.61 Å². The topological polar surface area (TPSA) is 128 Å². The molecule has 1 heterocycles. The number of aromatic nitrogens is 2. The Hall–Kier alpha value is -2.29. The third-order valence-corrected chi connectivity index (χ3v) is 3.41. The maximum atomic E-state index is 11.6. The van der Waals surface area contributed by atoms with Gasteiger partial charge < -0.3 is 15.2 Å². The van der Waals surface area contributed by atoms with Crippen LogP contribution in [0.2, 0.25) is 0 Å². The van der Waals surface area contributed by atoms with Crippen LogP contribution in [0.5, 0.6) is 0 Å². The maximum absolute atomic E-state index is 11.6. The number of carbonyl (C=O) groups excluding carboxylic acids is 2. The van der Waals surface area contributed by atoms with Crippen LogP contribution in [0.1, 0.15) is 40.2 Å². The monoisotopic (exact) mass is 297 g/mol. The summed E-state index contributed by atoms with van der Waals surface area (Å²) in [5, 5.41) is 5.32. The van der Waals surface area contributed by atoms with Gasteiger partial charge in [0, 0.05) is 0 Å². The second kappa shape index (κ2) is 6.44. The molecule has 3 N–H and O–H groups in total. The lowest BCUT2D eigenvalue weighted by Gasteiger charge is -2.24. The largest absolute Gasteiger partial charge is 0.464 e. The molecule has 9 heteroatoms. The van der Waals surface area contributed by atoms with E-state index in [2.05, 4.69) is 15.0 Å². The smallest absolute Gasteiger partial charge is 0.362 e. The minimum Gasteiger partial charge on any atom is -0.464 e. The predicted octanol–water partition coefficient (Wildman–Crippen LogP) is 0.155. The van der Waals surface area contributed by atoms with Gasteiger partial charge in [0.05, 0.1) is 13.2 Å². The number of primary amides is 1. The van der Waals surface area contributed by atoms with Crippen LogP contribution in [0.25, 0.3) is 0 Å². The number of hydrogen-bond donors (Lipinski definition) is 2. The highest BCUT2D eigenvalue weighted by molar-refractivity contribution is 6.01. The molecule has 0 atom stereocenters. The third-order valence-electron chi connectivity index (χ3n) is 3.41. The number of nitrogens with two attached hydrogens (primary N) is 1. The molecule has 9 nitrogen and oxygen atoms in total. The number of ether oxygens (including phenoxy) is 2. The van der Waals surface area contributed by atoms with Gasteiger partial charge in [-0.3, -0.25) is 4.79 Å². The number of methoxy groups -OCH3 is 1. The maximum Gasteiger partial charge on any atom is 0.362 e. The molecule has 1 aliphatic rings. The van der Waals surface area contributed by atoms with Crippen LogP contribution in [0.15, 0.2) is 5.18 Å². The van der Waals surface area contributed by atoms with E-state index in [4.69, 9.17) is 10.5 Å². The number of H-pyrrole nitrogens is 1. The zero-order valence-corrected chi connectivity index (χ0v) is 11.6. The summed E-state index contributed by atoms with van der Waals surface area (Å²) in [4.78, 5) is 33.9. The Morgan fingerprint density at radius 1 is 1.48 bits per heavy atom. The standard InChI is InChI=1S/C12H16N4O5/c1-20-12(18)9-8(15-19)10(11(13)17)16(14-9)5-6-21-7-3-2-4-7/h7H,2-6H2,1H3,(H2,13,17)/p+1. The number of aromatic amines is 1. The third kappa shape index (κ3) is 3.07. The number of nitroso groups, excluding NO2 is 1. The van der Waals surface area contributed by atoms with E-state index in [0.717, 1.165) is 26.4 Å². The van der Waals surface area contributed by atoms with E-state index in [1.165, 1.54) is 4.68 Å². The fourth-order valence-corrected chi connectivity index (χ4v) is 2.09. The fraction of sp³-hybridized carbons (Fsp3) is 0.583. The number of rotatable bonds is 7. The van der Waals surface area contributed by atoms with Crippen molar-refractivity contribution >= 4 is 17.6 Å².